The Kier molecular flexibility index (Phi) is 3.77. The van der Waals surface area contributed by atoms with Crippen molar-refractivity contribution in [2.24, 2.45) is 0 Å². The van der Waals surface area contributed by atoms with Crippen LogP contribution >= 0.6 is 22.6 Å². The molecule has 0 aromatic heterocycles. The molecule has 1 rings (SSSR count). The van der Waals surface area contributed by atoms with Crippen LogP contribution in [0.1, 0.15) is 26.2 Å². The molecule has 1 aliphatic rings. The highest BCUT2D eigenvalue weighted by Gasteiger charge is 2.31. The van der Waals surface area contributed by atoms with Crippen molar-refractivity contribution in [1.82, 2.24) is 0 Å². The molecule has 4 heteroatoms. The summed E-state index contributed by atoms with van der Waals surface area (Å²) in [5.41, 5.74) is 0. The molecule has 0 spiro atoms. The number of rotatable bonds is 1. The van der Waals surface area contributed by atoms with E-state index in [2.05, 4.69) is 22.6 Å². The summed E-state index contributed by atoms with van der Waals surface area (Å²) in [7, 11) is 0. The van der Waals surface area contributed by atoms with Gasteiger partial charge in [0.1, 0.15) is 12.2 Å². The van der Waals surface area contributed by atoms with E-state index in [0.717, 1.165) is 19.3 Å². The summed E-state index contributed by atoms with van der Waals surface area (Å²) < 4.78 is 5.20. The van der Waals surface area contributed by atoms with Gasteiger partial charge in [-0.1, -0.05) is 22.6 Å². The van der Waals surface area contributed by atoms with Gasteiger partial charge in [0.2, 0.25) is 0 Å². The zero-order valence-electron chi connectivity index (χ0n) is 7.00. The second-order valence-electron chi connectivity index (χ2n) is 3.09. The van der Waals surface area contributed by atoms with Gasteiger partial charge < -0.3 is 9.84 Å². The van der Waals surface area contributed by atoms with Crippen molar-refractivity contribution in [2.45, 2.75) is 42.3 Å². The zero-order chi connectivity index (χ0) is 9.14. The Balaban J connectivity index is 2.46. The van der Waals surface area contributed by atoms with Crippen LogP contribution in [0.4, 0.5) is 0 Å². The minimum atomic E-state index is -0.483. The minimum Gasteiger partial charge on any atom is -0.460 e. The molecule has 0 aliphatic heterocycles. The first-order chi connectivity index (χ1) is 5.61. The summed E-state index contributed by atoms with van der Waals surface area (Å²) in [6, 6.07) is 0. The van der Waals surface area contributed by atoms with E-state index in [1.54, 1.807) is 0 Å². The molecule has 0 aromatic rings. The second-order valence-corrected chi connectivity index (χ2v) is 4.69. The molecule has 1 fully saturated rings. The first-order valence-electron chi connectivity index (χ1n) is 4.10. The number of halogens is 1. The zero-order valence-corrected chi connectivity index (χ0v) is 9.15. The molecule has 0 amide bonds. The Hall–Kier alpha value is 0.160. The van der Waals surface area contributed by atoms with E-state index in [4.69, 9.17) is 4.74 Å². The molecule has 0 radical (unpaired) electrons. The van der Waals surface area contributed by atoms with Crippen molar-refractivity contribution >= 4 is 28.6 Å². The van der Waals surface area contributed by atoms with E-state index < -0.39 is 6.10 Å². The van der Waals surface area contributed by atoms with Crippen LogP contribution in [-0.4, -0.2) is 27.2 Å². The molecular formula is C8H13IO3. The summed E-state index contributed by atoms with van der Waals surface area (Å²) in [6.45, 7) is 1.38. The van der Waals surface area contributed by atoms with E-state index in [0.29, 0.717) is 0 Å². The molecule has 0 aromatic carbocycles. The molecule has 0 saturated heterocycles. The fourth-order valence-electron chi connectivity index (χ4n) is 1.43. The highest BCUT2D eigenvalue weighted by atomic mass is 127. The molecule has 0 heterocycles. The van der Waals surface area contributed by atoms with Crippen molar-refractivity contribution in [2.75, 3.05) is 0 Å². The third kappa shape index (κ3) is 2.58. The largest absolute Gasteiger partial charge is 0.460 e. The smallest absolute Gasteiger partial charge is 0.302 e. The molecule has 1 saturated carbocycles. The summed E-state index contributed by atoms with van der Waals surface area (Å²) in [5.74, 6) is -0.301. The fourth-order valence-corrected chi connectivity index (χ4v) is 2.33. The number of carbonyl (C=O) groups excluding carboxylic acids is 1. The van der Waals surface area contributed by atoms with Gasteiger partial charge in [-0.3, -0.25) is 4.79 Å². The molecule has 0 unspecified atom stereocenters. The van der Waals surface area contributed by atoms with Gasteiger partial charge in [0.15, 0.2) is 0 Å². The van der Waals surface area contributed by atoms with Crippen molar-refractivity contribution in [3.8, 4) is 0 Å². The molecule has 70 valence electrons. The molecule has 0 bridgehead atoms. The van der Waals surface area contributed by atoms with Gasteiger partial charge in [-0.15, -0.1) is 0 Å². The maximum Gasteiger partial charge on any atom is 0.302 e. The lowest BCUT2D eigenvalue weighted by Crippen LogP contribution is -2.40. The highest BCUT2D eigenvalue weighted by Crippen LogP contribution is 2.27. The Morgan fingerprint density at radius 3 is 2.83 bits per heavy atom. The quantitative estimate of drug-likeness (QED) is 0.448. The van der Waals surface area contributed by atoms with E-state index in [-0.39, 0.29) is 16.0 Å². The topological polar surface area (TPSA) is 46.5 Å². The summed E-state index contributed by atoms with van der Waals surface area (Å²) in [4.78, 5) is 10.6. The van der Waals surface area contributed by atoms with E-state index in [1.807, 2.05) is 0 Å². The highest BCUT2D eigenvalue weighted by molar-refractivity contribution is 14.1. The van der Waals surface area contributed by atoms with Crippen molar-refractivity contribution in [3.05, 3.63) is 0 Å². The van der Waals surface area contributed by atoms with Gasteiger partial charge in [-0.05, 0) is 19.3 Å². The Bertz CT molecular complexity index is 172. The van der Waals surface area contributed by atoms with Crippen LogP contribution in [0.25, 0.3) is 0 Å². The third-order valence-corrected chi connectivity index (χ3v) is 3.40. The monoisotopic (exact) mass is 284 g/mol. The van der Waals surface area contributed by atoms with E-state index >= 15 is 0 Å². The first kappa shape index (κ1) is 10.2. The number of hydrogen-bond acceptors (Lipinski definition) is 3. The number of aliphatic hydroxyl groups is 1. The van der Waals surface area contributed by atoms with Crippen LogP contribution in [-0.2, 0) is 9.53 Å². The first-order valence-corrected chi connectivity index (χ1v) is 5.35. The molecular weight excluding hydrogens is 271 g/mol. The Morgan fingerprint density at radius 2 is 2.25 bits per heavy atom. The lowest BCUT2D eigenvalue weighted by molar-refractivity contribution is -0.154. The van der Waals surface area contributed by atoms with Crippen LogP contribution < -0.4 is 0 Å². The maximum atomic E-state index is 10.6. The van der Waals surface area contributed by atoms with E-state index in [9.17, 15) is 9.90 Å². The summed E-state index contributed by atoms with van der Waals surface area (Å²) in [5, 5.41) is 9.60. The molecule has 12 heavy (non-hydrogen) atoms. The fraction of sp³-hybridized carbons (Fsp3) is 0.875. The van der Waals surface area contributed by atoms with Gasteiger partial charge in [0.05, 0.1) is 0 Å². The van der Waals surface area contributed by atoms with Gasteiger partial charge in [-0.2, -0.15) is 0 Å². The van der Waals surface area contributed by atoms with Crippen molar-refractivity contribution in [1.29, 1.82) is 0 Å². The average Bonchev–Trinajstić information content (AvgIpc) is 1.98. The Labute approximate surface area is 85.6 Å². The number of hydrogen-bond donors (Lipinski definition) is 1. The van der Waals surface area contributed by atoms with Crippen molar-refractivity contribution in [3.63, 3.8) is 0 Å². The predicted octanol–water partition coefficient (Wildman–Crippen LogP) is 1.27. The van der Waals surface area contributed by atoms with Crippen LogP contribution in [0.3, 0.4) is 0 Å². The second kappa shape index (κ2) is 4.41. The van der Waals surface area contributed by atoms with Crippen LogP contribution in [0.2, 0.25) is 0 Å². The molecule has 3 nitrogen and oxygen atoms in total. The van der Waals surface area contributed by atoms with Gasteiger partial charge in [-0.25, -0.2) is 0 Å². The maximum absolute atomic E-state index is 10.6. The number of esters is 1. The summed E-state index contributed by atoms with van der Waals surface area (Å²) in [6.07, 6.45) is 2.07. The lowest BCUT2D eigenvalue weighted by atomic mass is 9.95. The SMILES string of the molecule is CC(=O)O[C@H]1CCC[C@H](I)[C@H]1O. The van der Waals surface area contributed by atoms with E-state index in [1.165, 1.54) is 6.92 Å². The van der Waals surface area contributed by atoms with Crippen molar-refractivity contribution < 1.29 is 14.6 Å². The molecule has 1 aliphatic carbocycles. The Morgan fingerprint density at radius 1 is 1.58 bits per heavy atom. The van der Waals surface area contributed by atoms with Gasteiger partial charge >= 0.3 is 5.97 Å². The molecule has 1 N–H and O–H groups in total. The number of aliphatic hydroxyl groups excluding tert-OH is 1. The number of carbonyl (C=O) groups is 1. The van der Waals surface area contributed by atoms with Crippen LogP contribution in [0.5, 0.6) is 0 Å². The number of alkyl halides is 1. The number of ether oxygens (including phenoxy) is 1. The predicted molar refractivity (Wildman–Crippen MR) is 53.2 cm³/mol. The average molecular weight is 284 g/mol. The molecule has 3 atom stereocenters. The van der Waals surface area contributed by atoms with Crippen LogP contribution in [0, 0.1) is 0 Å². The normalized spacial score (nSPS) is 36.1. The summed E-state index contributed by atoms with van der Waals surface area (Å²) >= 11 is 2.20. The third-order valence-electron chi connectivity index (χ3n) is 2.04. The standard InChI is InChI=1S/C8H13IO3/c1-5(10)12-7-4-2-3-6(9)8(7)11/h6-8,11H,2-4H2,1H3/t6-,7-,8+/m0/s1. The van der Waals surface area contributed by atoms with Gasteiger partial charge in [0.25, 0.3) is 0 Å². The lowest BCUT2D eigenvalue weighted by Gasteiger charge is -2.30. The van der Waals surface area contributed by atoms with Gasteiger partial charge in [0, 0.05) is 10.8 Å². The minimum absolute atomic E-state index is 0.223. The van der Waals surface area contributed by atoms with Crippen LogP contribution in [0.15, 0.2) is 0 Å².